The Hall–Kier alpha value is -1.10. The number of carbonyl (C=O) groups excluding carboxylic acids is 2. The molecule has 1 rings (SSSR count). The van der Waals surface area contributed by atoms with E-state index in [-0.39, 0.29) is 17.9 Å². The molecule has 5 nitrogen and oxygen atoms in total. The van der Waals surface area contributed by atoms with Gasteiger partial charge in [0.2, 0.25) is 11.8 Å². The van der Waals surface area contributed by atoms with Crippen LogP contribution in [0.25, 0.3) is 0 Å². The number of rotatable bonds is 7. The van der Waals surface area contributed by atoms with Crippen molar-refractivity contribution in [3.05, 3.63) is 0 Å². The second kappa shape index (κ2) is 9.03. The molecule has 1 fully saturated rings. The van der Waals surface area contributed by atoms with Crippen LogP contribution in [0.15, 0.2) is 0 Å². The van der Waals surface area contributed by atoms with Crippen LogP contribution in [0.5, 0.6) is 0 Å². The second-order valence-electron chi connectivity index (χ2n) is 5.95. The molecule has 0 aromatic carbocycles. The molecule has 0 aromatic rings. The SMILES string of the molecule is CCCN(CCC)C(=O)CCC(=O)N1CCNC(C)C1C. The third-order valence-electron chi connectivity index (χ3n) is 4.25. The quantitative estimate of drug-likeness (QED) is 0.777. The average molecular weight is 297 g/mol. The lowest BCUT2D eigenvalue weighted by atomic mass is 10.1. The third-order valence-corrected chi connectivity index (χ3v) is 4.25. The van der Waals surface area contributed by atoms with Crippen LogP contribution in [0, 0.1) is 0 Å². The van der Waals surface area contributed by atoms with E-state index in [1.54, 1.807) is 0 Å². The molecule has 21 heavy (non-hydrogen) atoms. The van der Waals surface area contributed by atoms with E-state index in [0.29, 0.717) is 18.9 Å². The predicted octanol–water partition coefficient (Wildman–Crippen LogP) is 1.62. The van der Waals surface area contributed by atoms with Gasteiger partial charge in [0.1, 0.15) is 0 Å². The topological polar surface area (TPSA) is 52.7 Å². The van der Waals surface area contributed by atoms with Crippen LogP contribution in [-0.2, 0) is 9.59 Å². The number of nitrogens with zero attached hydrogens (tertiary/aromatic N) is 2. The lowest BCUT2D eigenvalue weighted by Gasteiger charge is -2.38. The minimum absolute atomic E-state index is 0.108. The van der Waals surface area contributed by atoms with Gasteiger partial charge in [-0.1, -0.05) is 13.8 Å². The highest BCUT2D eigenvalue weighted by Crippen LogP contribution is 2.12. The number of carbonyl (C=O) groups is 2. The Morgan fingerprint density at radius 1 is 1.14 bits per heavy atom. The van der Waals surface area contributed by atoms with Gasteiger partial charge >= 0.3 is 0 Å². The minimum atomic E-state index is 0.108. The van der Waals surface area contributed by atoms with Crippen LogP contribution in [-0.4, -0.2) is 59.9 Å². The summed E-state index contributed by atoms with van der Waals surface area (Å²) in [7, 11) is 0. The second-order valence-corrected chi connectivity index (χ2v) is 5.95. The maximum absolute atomic E-state index is 12.3. The smallest absolute Gasteiger partial charge is 0.223 e. The van der Waals surface area contributed by atoms with Gasteiger partial charge in [0.15, 0.2) is 0 Å². The number of piperazine rings is 1. The standard InChI is InChI=1S/C16H31N3O2/c1-5-10-18(11-6-2)15(20)7-8-16(21)19-12-9-17-13(3)14(19)4/h13-14,17H,5-12H2,1-4H3. The van der Waals surface area contributed by atoms with Crippen molar-refractivity contribution in [2.45, 2.75) is 65.5 Å². The Balaban J connectivity index is 2.45. The number of amides is 2. The van der Waals surface area contributed by atoms with Crippen molar-refractivity contribution in [1.82, 2.24) is 15.1 Å². The first-order valence-electron chi connectivity index (χ1n) is 8.31. The lowest BCUT2D eigenvalue weighted by molar-refractivity contribution is -0.139. The van der Waals surface area contributed by atoms with Gasteiger partial charge in [-0.05, 0) is 26.7 Å². The van der Waals surface area contributed by atoms with Crippen LogP contribution in [0.2, 0.25) is 0 Å². The molecule has 5 heteroatoms. The molecule has 1 aliphatic heterocycles. The largest absolute Gasteiger partial charge is 0.343 e. The first-order valence-corrected chi connectivity index (χ1v) is 8.31. The fourth-order valence-electron chi connectivity index (χ4n) is 2.83. The molecular formula is C16H31N3O2. The molecule has 0 radical (unpaired) electrons. The van der Waals surface area contributed by atoms with E-state index < -0.39 is 0 Å². The summed E-state index contributed by atoms with van der Waals surface area (Å²) in [6.07, 6.45) is 2.60. The van der Waals surface area contributed by atoms with Crippen molar-refractivity contribution in [3.8, 4) is 0 Å². The van der Waals surface area contributed by atoms with Crippen molar-refractivity contribution >= 4 is 11.8 Å². The molecule has 1 heterocycles. The van der Waals surface area contributed by atoms with E-state index in [2.05, 4.69) is 33.0 Å². The van der Waals surface area contributed by atoms with Gasteiger partial charge in [-0.25, -0.2) is 0 Å². The van der Waals surface area contributed by atoms with E-state index in [9.17, 15) is 9.59 Å². The molecule has 2 atom stereocenters. The highest BCUT2D eigenvalue weighted by Gasteiger charge is 2.28. The molecule has 2 amide bonds. The highest BCUT2D eigenvalue weighted by molar-refractivity contribution is 5.84. The molecule has 0 aromatic heterocycles. The first-order chi connectivity index (χ1) is 10.0. The zero-order valence-corrected chi connectivity index (χ0v) is 14.0. The van der Waals surface area contributed by atoms with Crippen LogP contribution in [0.4, 0.5) is 0 Å². The summed E-state index contributed by atoms with van der Waals surface area (Å²) in [5, 5.41) is 3.36. The van der Waals surface area contributed by atoms with Crippen molar-refractivity contribution in [1.29, 1.82) is 0 Å². The van der Waals surface area contributed by atoms with E-state index in [0.717, 1.165) is 39.0 Å². The molecule has 1 saturated heterocycles. The highest BCUT2D eigenvalue weighted by atomic mass is 16.2. The monoisotopic (exact) mass is 297 g/mol. The van der Waals surface area contributed by atoms with Crippen molar-refractivity contribution in [2.75, 3.05) is 26.2 Å². The van der Waals surface area contributed by atoms with E-state index >= 15 is 0 Å². The fourth-order valence-corrected chi connectivity index (χ4v) is 2.83. The van der Waals surface area contributed by atoms with E-state index in [1.165, 1.54) is 0 Å². The van der Waals surface area contributed by atoms with Crippen LogP contribution >= 0.6 is 0 Å². The lowest BCUT2D eigenvalue weighted by Crippen LogP contribution is -2.57. The predicted molar refractivity (Wildman–Crippen MR) is 85.0 cm³/mol. The number of hydrogen-bond acceptors (Lipinski definition) is 3. The molecule has 1 aliphatic rings. The summed E-state index contributed by atoms with van der Waals surface area (Å²) in [5.41, 5.74) is 0. The molecular weight excluding hydrogens is 266 g/mol. The molecule has 0 bridgehead atoms. The zero-order valence-electron chi connectivity index (χ0n) is 14.0. The first kappa shape index (κ1) is 18.0. The average Bonchev–Trinajstić information content (AvgIpc) is 2.47. The minimum Gasteiger partial charge on any atom is -0.343 e. The Bertz CT molecular complexity index is 340. The van der Waals surface area contributed by atoms with Gasteiger partial charge in [0.25, 0.3) is 0 Å². The number of hydrogen-bond donors (Lipinski definition) is 1. The maximum atomic E-state index is 12.3. The molecule has 1 N–H and O–H groups in total. The van der Waals surface area contributed by atoms with Crippen molar-refractivity contribution in [2.24, 2.45) is 0 Å². The molecule has 2 unspecified atom stereocenters. The summed E-state index contributed by atoms with van der Waals surface area (Å²) in [4.78, 5) is 28.3. The Morgan fingerprint density at radius 3 is 2.33 bits per heavy atom. The van der Waals surface area contributed by atoms with Gasteiger partial charge in [0, 0.05) is 51.1 Å². The normalized spacial score (nSPS) is 22.2. The summed E-state index contributed by atoms with van der Waals surface area (Å²) in [6, 6.07) is 0.513. The van der Waals surface area contributed by atoms with Crippen LogP contribution in [0.1, 0.15) is 53.4 Å². The Kier molecular flexibility index (Phi) is 7.72. The molecule has 0 aliphatic carbocycles. The molecule has 0 saturated carbocycles. The third kappa shape index (κ3) is 5.30. The van der Waals surface area contributed by atoms with Crippen molar-refractivity contribution < 1.29 is 9.59 Å². The van der Waals surface area contributed by atoms with Gasteiger partial charge in [-0.3, -0.25) is 9.59 Å². The summed E-state index contributed by atoms with van der Waals surface area (Å²) in [5.74, 6) is 0.222. The summed E-state index contributed by atoms with van der Waals surface area (Å²) >= 11 is 0. The fraction of sp³-hybridized carbons (Fsp3) is 0.875. The summed E-state index contributed by atoms with van der Waals surface area (Å²) < 4.78 is 0. The maximum Gasteiger partial charge on any atom is 0.223 e. The molecule has 0 spiro atoms. The number of nitrogens with one attached hydrogen (secondary N) is 1. The summed E-state index contributed by atoms with van der Waals surface area (Å²) in [6.45, 7) is 11.5. The zero-order chi connectivity index (χ0) is 15.8. The Labute approximate surface area is 129 Å². The van der Waals surface area contributed by atoms with Crippen LogP contribution in [0.3, 0.4) is 0 Å². The van der Waals surface area contributed by atoms with Gasteiger partial charge in [0.05, 0.1) is 0 Å². The molecule has 122 valence electrons. The Morgan fingerprint density at radius 2 is 1.76 bits per heavy atom. The van der Waals surface area contributed by atoms with Crippen LogP contribution < -0.4 is 5.32 Å². The van der Waals surface area contributed by atoms with Gasteiger partial charge < -0.3 is 15.1 Å². The van der Waals surface area contributed by atoms with E-state index in [4.69, 9.17) is 0 Å². The van der Waals surface area contributed by atoms with Crippen molar-refractivity contribution in [3.63, 3.8) is 0 Å². The van der Waals surface area contributed by atoms with Gasteiger partial charge in [-0.15, -0.1) is 0 Å². The van der Waals surface area contributed by atoms with E-state index in [1.807, 2.05) is 9.80 Å². The van der Waals surface area contributed by atoms with Gasteiger partial charge in [-0.2, -0.15) is 0 Å².